The summed E-state index contributed by atoms with van der Waals surface area (Å²) in [5, 5.41) is 43.4. The first-order valence-corrected chi connectivity index (χ1v) is 20.0. The molecule has 6 heteroatoms. The van der Waals surface area contributed by atoms with E-state index in [4.69, 9.17) is 0 Å². The van der Waals surface area contributed by atoms with Crippen molar-refractivity contribution >= 4 is 5.91 Å². The fraction of sp³-hybridized carbons (Fsp3) is 0.786. The minimum atomic E-state index is -1.30. The molecule has 1 amide bonds. The fourth-order valence-electron chi connectivity index (χ4n) is 5.72. The predicted octanol–water partition coefficient (Wildman–Crippen LogP) is 9.95. The number of aliphatic hydroxyl groups is 4. The van der Waals surface area contributed by atoms with Crippen molar-refractivity contribution in [3.8, 4) is 0 Å². The van der Waals surface area contributed by atoms with Gasteiger partial charge in [0.15, 0.2) is 0 Å². The third-order valence-corrected chi connectivity index (χ3v) is 8.97. The highest BCUT2D eigenvalue weighted by Crippen LogP contribution is 2.13. The maximum absolute atomic E-state index is 12.4. The fourth-order valence-corrected chi connectivity index (χ4v) is 5.72. The van der Waals surface area contributed by atoms with Gasteiger partial charge < -0.3 is 25.7 Å². The van der Waals surface area contributed by atoms with Crippen LogP contribution in [0.4, 0.5) is 0 Å². The van der Waals surface area contributed by atoms with Crippen molar-refractivity contribution in [2.24, 2.45) is 0 Å². The molecule has 0 bridgehead atoms. The summed E-state index contributed by atoms with van der Waals surface area (Å²) in [4.78, 5) is 12.4. The third kappa shape index (κ3) is 30.3. The number of hydrogen-bond acceptors (Lipinski definition) is 5. The molecule has 5 N–H and O–H groups in total. The Labute approximate surface area is 296 Å². The summed E-state index contributed by atoms with van der Waals surface area (Å²) in [6, 6.07) is -1.01. The maximum Gasteiger partial charge on any atom is 0.249 e. The molecule has 0 saturated carbocycles. The van der Waals surface area contributed by atoms with Gasteiger partial charge in [-0.3, -0.25) is 4.79 Å². The molecule has 0 aliphatic rings. The molecule has 0 aliphatic carbocycles. The van der Waals surface area contributed by atoms with Gasteiger partial charge in [-0.2, -0.15) is 0 Å². The molecular formula is C42H77NO5. The van der Waals surface area contributed by atoms with Crippen molar-refractivity contribution in [1.29, 1.82) is 0 Å². The normalized spacial score (nSPS) is 14.9. The van der Waals surface area contributed by atoms with Gasteiger partial charge in [0, 0.05) is 0 Å². The van der Waals surface area contributed by atoms with Gasteiger partial charge in [0.1, 0.15) is 12.2 Å². The van der Waals surface area contributed by atoms with E-state index >= 15 is 0 Å². The Bertz CT molecular complexity index is 808. The Morgan fingerprint density at radius 2 is 0.875 bits per heavy atom. The summed E-state index contributed by atoms with van der Waals surface area (Å²) in [6.07, 6.45) is 42.8. The van der Waals surface area contributed by atoms with Crippen molar-refractivity contribution < 1.29 is 25.2 Å². The van der Waals surface area contributed by atoms with Crippen LogP contribution < -0.4 is 5.32 Å². The monoisotopic (exact) mass is 676 g/mol. The van der Waals surface area contributed by atoms with Crippen LogP contribution in [0.2, 0.25) is 0 Å². The summed E-state index contributed by atoms with van der Waals surface area (Å²) in [7, 11) is 0. The molecule has 0 heterocycles. The van der Waals surface area contributed by atoms with Crippen LogP contribution in [0, 0.1) is 0 Å². The standard InChI is InChI=1S/C42H77NO5/c1-3-5-7-9-11-13-15-16-17-18-19-20-21-22-23-24-26-27-29-31-33-35-39(45)41(47)38(37-44)43-42(48)40(46)36-34-32-30-28-25-14-12-10-8-6-4-2/h12,14,18-19,22-23,27,29,38-41,44-47H,3-11,13,15-17,20-21,24-26,28,30-37H2,1-2H3,(H,43,48)/b14-12-,19-18+,23-22+,29-27+. The predicted molar refractivity (Wildman–Crippen MR) is 205 cm³/mol. The van der Waals surface area contributed by atoms with Crippen LogP contribution in [0.5, 0.6) is 0 Å². The van der Waals surface area contributed by atoms with Crippen molar-refractivity contribution in [1.82, 2.24) is 5.32 Å². The lowest BCUT2D eigenvalue weighted by atomic mass is 10.00. The molecule has 0 aromatic rings. The first-order valence-electron chi connectivity index (χ1n) is 20.0. The zero-order valence-electron chi connectivity index (χ0n) is 31.2. The summed E-state index contributed by atoms with van der Waals surface area (Å²) in [6.45, 7) is 3.97. The zero-order valence-corrected chi connectivity index (χ0v) is 31.2. The minimum absolute atomic E-state index is 0.342. The number of nitrogens with one attached hydrogen (secondary N) is 1. The van der Waals surface area contributed by atoms with Crippen LogP contribution >= 0.6 is 0 Å². The van der Waals surface area contributed by atoms with E-state index in [0.717, 1.165) is 70.6 Å². The van der Waals surface area contributed by atoms with E-state index in [9.17, 15) is 25.2 Å². The highest BCUT2D eigenvalue weighted by Gasteiger charge is 2.28. The largest absolute Gasteiger partial charge is 0.394 e. The van der Waals surface area contributed by atoms with Crippen molar-refractivity contribution in [2.75, 3.05) is 6.61 Å². The van der Waals surface area contributed by atoms with Gasteiger partial charge in [-0.05, 0) is 89.9 Å². The third-order valence-electron chi connectivity index (χ3n) is 8.97. The van der Waals surface area contributed by atoms with Gasteiger partial charge in [-0.15, -0.1) is 0 Å². The highest BCUT2D eigenvalue weighted by atomic mass is 16.3. The number of unbranched alkanes of at least 4 members (excludes halogenated alkanes) is 18. The summed E-state index contributed by atoms with van der Waals surface area (Å²) in [5.41, 5.74) is 0. The lowest BCUT2D eigenvalue weighted by Gasteiger charge is -2.27. The van der Waals surface area contributed by atoms with E-state index in [1.165, 1.54) is 77.0 Å². The SMILES string of the molecule is CCCCC/C=C\CCCCCCC(O)C(=O)NC(CO)C(O)C(O)CCC/C=C/CC/C=C/CC/C=C/CCCCCCCCCC. The summed E-state index contributed by atoms with van der Waals surface area (Å²) in [5.74, 6) is -0.613. The van der Waals surface area contributed by atoms with E-state index in [-0.39, 0.29) is 0 Å². The Balaban J connectivity index is 3.88. The number of aliphatic hydroxyl groups excluding tert-OH is 4. The second kappa shape index (κ2) is 36.5. The van der Waals surface area contributed by atoms with Crippen LogP contribution in [-0.4, -0.2) is 57.3 Å². The molecule has 0 aromatic heterocycles. The molecule has 0 aromatic carbocycles. The van der Waals surface area contributed by atoms with Crippen molar-refractivity contribution in [2.45, 2.75) is 205 Å². The average Bonchev–Trinajstić information content (AvgIpc) is 3.09. The van der Waals surface area contributed by atoms with Gasteiger partial charge in [0.05, 0.1) is 18.8 Å². The second-order valence-corrected chi connectivity index (χ2v) is 13.6. The molecule has 4 unspecified atom stereocenters. The second-order valence-electron chi connectivity index (χ2n) is 13.6. The van der Waals surface area contributed by atoms with Crippen LogP contribution in [0.15, 0.2) is 48.6 Å². The van der Waals surface area contributed by atoms with E-state index < -0.39 is 36.9 Å². The molecule has 4 atom stereocenters. The van der Waals surface area contributed by atoms with Crippen molar-refractivity contribution in [3.63, 3.8) is 0 Å². The molecule has 48 heavy (non-hydrogen) atoms. The summed E-state index contributed by atoms with van der Waals surface area (Å²) >= 11 is 0. The van der Waals surface area contributed by atoms with Gasteiger partial charge in [0.2, 0.25) is 5.91 Å². The minimum Gasteiger partial charge on any atom is -0.394 e. The van der Waals surface area contributed by atoms with Crippen LogP contribution in [0.25, 0.3) is 0 Å². The molecule has 0 spiro atoms. The Morgan fingerprint density at radius 1 is 0.500 bits per heavy atom. The molecular weight excluding hydrogens is 598 g/mol. The topological polar surface area (TPSA) is 110 Å². The highest BCUT2D eigenvalue weighted by molar-refractivity contribution is 5.80. The summed E-state index contributed by atoms with van der Waals surface area (Å²) < 4.78 is 0. The number of amides is 1. The number of hydrogen-bond donors (Lipinski definition) is 5. The van der Waals surface area contributed by atoms with Gasteiger partial charge >= 0.3 is 0 Å². The smallest absolute Gasteiger partial charge is 0.249 e. The molecule has 280 valence electrons. The average molecular weight is 676 g/mol. The Morgan fingerprint density at radius 3 is 1.35 bits per heavy atom. The first-order chi connectivity index (χ1) is 23.5. The lowest BCUT2D eigenvalue weighted by Crippen LogP contribution is -2.53. The van der Waals surface area contributed by atoms with Crippen molar-refractivity contribution in [3.05, 3.63) is 48.6 Å². The number of carbonyl (C=O) groups excluding carboxylic acids is 1. The molecule has 0 aliphatic heterocycles. The molecule has 0 fully saturated rings. The van der Waals surface area contributed by atoms with E-state index in [1.54, 1.807) is 0 Å². The molecule has 0 saturated heterocycles. The Kier molecular flexibility index (Phi) is 35.2. The van der Waals surface area contributed by atoms with Gasteiger partial charge in [-0.1, -0.05) is 140 Å². The maximum atomic E-state index is 12.4. The van der Waals surface area contributed by atoms with Gasteiger partial charge in [-0.25, -0.2) is 0 Å². The molecule has 0 radical (unpaired) electrons. The zero-order chi connectivity index (χ0) is 35.3. The van der Waals surface area contributed by atoms with Crippen LogP contribution in [0.1, 0.15) is 181 Å². The quantitative estimate of drug-likeness (QED) is 0.0339. The Hall–Kier alpha value is -1.73. The molecule has 6 nitrogen and oxygen atoms in total. The number of carbonyl (C=O) groups is 1. The van der Waals surface area contributed by atoms with E-state index in [0.29, 0.717) is 19.3 Å². The number of rotatable bonds is 35. The first kappa shape index (κ1) is 46.3. The number of allylic oxidation sites excluding steroid dienone is 8. The van der Waals surface area contributed by atoms with Crippen LogP contribution in [0.3, 0.4) is 0 Å². The van der Waals surface area contributed by atoms with Crippen LogP contribution in [-0.2, 0) is 4.79 Å². The van der Waals surface area contributed by atoms with E-state index in [2.05, 4.69) is 67.8 Å². The lowest BCUT2D eigenvalue weighted by molar-refractivity contribution is -0.132. The van der Waals surface area contributed by atoms with Gasteiger partial charge in [0.25, 0.3) is 0 Å². The van der Waals surface area contributed by atoms with E-state index in [1.807, 2.05) is 0 Å². The molecule has 0 rings (SSSR count).